The standard InChI is InChI=1S/C27H49F2N4OP/c1-5-7-21-25-22(6-2)32(26(34)19-10-13-24(30-16-19)27(28,29)35)15-14-23(25)33(31-21)20-11-8-18(9-12-20)17(3)4/h17-25,30-31H,5-16,35H2,1-4H3. The van der Waals surface area contributed by atoms with Crippen LogP contribution in [-0.2, 0) is 4.79 Å². The Bertz CT molecular complexity index is 704. The lowest BCUT2D eigenvalue weighted by Crippen LogP contribution is -2.59. The number of nitrogens with zero attached hydrogens (tertiary/aromatic N) is 2. The van der Waals surface area contributed by atoms with Gasteiger partial charge < -0.3 is 10.2 Å². The molecule has 35 heavy (non-hydrogen) atoms. The van der Waals surface area contributed by atoms with Gasteiger partial charge in [0.15, 0.2) is 0 Å². The quantitative estimate of drug-likeness (QED) is 0.469. The van der Waals surface area contributed by atoms with E-state index in [1.54, 1.807) is 9.24 Å². The number of fused-ring (bicyclic) bond motifs is 1. The van der Waals surface area contributed by atoms with Crippen LogP contribution in [0.3, 0.4) is 0 Å². The third kappa shape index (κ3) is 5.89. The van der Waals surface area contributed by atoms with E-state index in [0.717, 1.165) is 44.1 Å². The second kappa shape index (κ2) is 11.6. The molecule has 1 aliphatic carbocycles. The summed E-state index contributed by atoms with van der Waals surface area (Å²) < 4.78 is 27.4. The van der Waals surface area contributed by atoms with Gasteiger partial charge in [-0.15, -0.1) is 0 Å². The fraction of sp³-hybridized carbons (Fsp3) is 0.963. The molecule has 1 amide bonds. The second-order valence-electron chi connectivity index (χ2n) is 12.1. The molecule has 5 nitrogen and oxygen atoms in total. The number of piperidine rings is 2. The molecule has 0 radical (unpaired) electrons. The highest BCUT2D eigenvalue weighted by molar-refractivity contribution is 7.18. The van der Waals surface area contributed by atoms with Crippen LogP contribution in [0.2, 0.25) is 0 Å². The minimum atomic E-state index is -2.82. The van der Waals surface area contributed by atoms with Crippen molar-refractivity contribution < 1.29 is 13.6 Å². The second-order valence-corrected chi connectivity index (χ2v) is 12.9. The van der Waals surface area contributed by atoms with E-state index in [4.69, 9.17) is 0 Å². The third-order valence-electron chi connectivity index (χ3n) is 9.70. The molecule has 3 saturated heterocycles. The van der Waals surface area contributed by atoms with E-state index in [-0.39, 0.29) is 17.9 Å². The molecule has 1 saturated carbocycles. The van der Waals surface area contributed by atoms with Crippen LogP contribution in [0.15, 0.2) is 0 Å². The molecule has 8 heteroatoms. The first-order valence-corrected chi connectivity index (χ1v) is 15.0. The molecule has 4 aliphatic rings. The maximum atomic E-state index is 13.7. The van der Waals surface area contributed by atoms with Crippen molar-refractivity contribution in [3.05, 3.63) is 0 Å². The predicted molar refractivity (Wildman–Crippen MR) is 141 cm³/mol. The van der Waals surface area contributed by atoms with Crippen LogP contribution >= 0.6 is 9.24 Å². The van der Waals surface area contributed by atoms with Crippen molar-refractivity contribution in [1.82, 2.24) is 20.7 Å². The van der Waals surface area contributed by atoms with Crippen LogP contribution in [-0.4, -0.2) is 64.8 Å². The maximum absolute atomic E-state index is 13.7. The summed E-state index contributed by atoms with van der Waals surface area (Å²) in [5, 5.41) is 5.60. The van der Waals surface area contributed by atoms with Crippen molar-refractivity contribution in [3.8, 4) is 0 Å². The molecular formula is C27H49F2N4OP. The number of alkyl halides is 2. The molecule has 0 aromatic rings. The smallest absolute Gasteiger partial charge is 0.273 e. The monoisotopic (exact) mass is 514 g/mol. The Morgan fingerprint density at radius 2 is 1.80 bits per heavy atom. The van der Waals surface area contributed by atoms with Gasteiger partial charge in [-0.05, 0) is 69.6 Å². The highest BCUT2D eigenvalue weighted by Crippen LogP contribution is 2.42. The predicted octanol–water partition coefficient (Wildman–Crippen LogP) is 5.02. The lowest BCUT2D eigenvalue weighted by atomic mass is 9.76. The Morgan fingerprint density at radius 1 is 1.09 bits per heavy atom. The first-order chi connectivity index (χ1) is 16.7. The Hall–Kier alpha value is -0.360. The van der Waals surface area contributed by atoms with Crippen molar-refractivity contribution in [2.75, 3.05) is 13.1 Å². The van der Waals surface area contributed by atoms with Gasteiger partial charge >= 0.3 is 0 Å². The normalized spacial score (nSPS) is 39.1. The number of halogens is 2. The van der Waals surface area contributed by atoms with E-state index in [2.05, 4.69) is 48.3 Å². The Morgan fingerprint density at radius 3 is 2.34 bits per heavy atom. The summed E-state index contributed by atoms with van der Waals surface area (Å²) in [4.78, 5) is 15.8. The Kier molecular flexibility index (Phi) is 9.15. The molecule has 2 N–H and O–H groups in total. The number of hydrogen-bond acceptors (Lipinski definition) is 4. The summed E-state index contributed by atoms with van der Waals surface area (Å²) in [7, 11) is 1.65. The average Bonchev–Trinajstić information content (AvgIpc) is 3.21. The number of amides is 1. The van der Waals surface area contributed by atoms with E-state index in [9.17, 15) is 13.6 Å². The van der Waals surface area contributed by atoms with Crippen LogP contribution in [0.4, 0.5) is 8.78 Å². The summed E-state index contributed by atoms with van der Waals surface area (Å²) in [5.74, 6) is 2.06. The SMILES string of the molecule is CCCC1NN(C2CCC(C(C)C)CC2)C2CCN(C(=O)C3CCC(C(F)(F)P)NC3)C(CC)C12. The minimum absolute atomic E-state index is 0.180. The topological polar surface area (TPSA) is 47.6 Å². The summed E-state index contributed by atoms with van der Waals surface area (Å²) in [6, 6.07) is 0.885. The van der Waals surface area contributed by atoms with Gasteiger partial charge in [0.2, 0.25) is 5.91 Å². The maximum Gasteiger partial charge on any atom is 0.273 e. The highest BCUT2D eigenvalue weighted by atomic mass is 31.0. The molecule has 0 aromatic carbocycles. The van der Waals surface area contributed by atoms with E-state index in [1.165, 1.54) is 25.7 Å². The molecular weight excluding hydrogens is 465 g/mol. The summed E-state index contributed by atoms with van der Waals surface area (Å²) >= 11 is 0. The Balaban J connectivity index is 1.44. The van der Waals surface area contributed by atoms with E-state index >= 15 is 0 Å². The van der Waals surface area contributed by atoms with E-state index in [0.29, 0.717) is 43.4 Å². The van der Waals surface area contributed by atoms with Crippen molar-refractivity contribution in [2.24, 2.45) is 23.7 Å². The average molecular weight is 515 g/mol. The van der Waals surface area contributed by atoms with Crippen LogP contribution in [0, 0.1) is 23.7 Å². The molecule has 4 fully saturated rings. The van der Waals surface area contributed by atoms with Crippen molar-refractivity contribution in [1.29, 1.82) is 0 Å². The van der Waals surface area contributed by atoms with Gasteiger partial charge in [-0.25, -0.2) is 13.8 Å². The zero-order valence-corrected chi connectivity index (χ0v) is 23.5. The number of carbonyl (C=O) groups excluding carboxylic acids is 1. The summed E-state index contributed by atoms with van der Waals surface area (Å²) in [6.07, 6.45) is 10.3. The molecule has 3 heterocycles. The van der Waals surface area contributed by atoms with Gasteiger partial charge in [0, 0.05) is 43.2 Å². The summed E-state index contributed by atoms with van der Waals surface area (Å²) in [5.41, 5.74) is 1.15. The third-order valence-corrected chi connectivity index (χ3v) is 10.1. The lowest BCUT2D eigenvalue weighted by molar-refractivity contribution is -0.143. The zero-order chi connectivity index (χ0) is 25.3. The van der Waals surface area contributed by atoms with E-state index < -0.39 is 11.7 Å². The fourth-order valence-corrected chi connectivity index (χ4v) is 8.00. The van der Waals surface area contributed by atoms with E-state index in [1.807, 2.05) is 0 Å². The number of rotatable bonds is 7. The molecule has 7 unspecified atom stereocenters. The number of nitrogens with one attached hydrogen (secondary N) is 2. The minimum Gasteiger partial charge on any atom is -0.339 e. The first kappa shape index (κ1) is 27.7. The molecule has 3 aliphatic heterocycles. The number of likely N-dealkylation sites (tertiary alicyclic amines) is 1. The van der Waals surface area contributed by atoms with Gasteiger partial charge in [0.05, 0.1) is 12.0 Å². The van der Waals surface area contributed by atoms with Crippen LogP contribution in [0.1, 0.15) is 91.9 Å². The number of hydrazine groups is 1. The highest BCUT2D eigenvalue weighted by Gasteiger charge is 2.52. The van der Waals surface area contributed by atoms with Crippen LogP contribution in [0.25, 0.3) is 0 Å². The molecule has 0 aromatic heterocycles. The molecule has 7 atom stereocenters. The number of hydrogen-bond donors (Lipinski definition) is 2. The van der Waals surface area contributed by atoms with Gasteiger partial charge in [0.1, 0.15) is 0 Å². The largest absolute Gasteiger partial charge is 0.339 e. The van der Waals surface area contributed by atoms with Gasteiger partial charge in [-0.1, -0.05) is 43.4 Å². The first-order valence-electron chi connectivity index (χ1n) is 14.4. The summed E-state index contributed by atoms with van der Waals surface area (Å²) in [6.45, 7) is 10.3. The fourth-order valence-electron chi connectivity index (χ4n) is 7.72. The zero-order valence-electron chi connectivity index (χ0n) is 22.3. The molecule has 202 valence electrons. The van der Waals surface area contributed by atoms with Gasteiger partial charge in [-0.2, -0.15) is 0 Å². The van der Waals surface area contributed by atoms with Crippen molar-refractivity contribution in [3.63, 3.8) is 0 Å². The van der Waals surface area contributed by atoms with Crippen molar-refractivity contribution in [2.45, 2.75) is 128 Å². The van der Waals surface area contributed by atoms with Gasteiger partial charge in [0.25, 0.3) is 5.66 Å². The lowest BCUT2D eigenvalue weighted by Gasteiger charge is -2.48. The van der Waals surface area contributed by atoms with Crippen LogP contribution in [0.5, 0.6) is 0 Å². The van der Waals surface area contributed by atoms with Gasteiger partial charge in [-0.3, -0.25) is 10.2 Å². The molecule has 0 bridgehead atoms. The Labute approximate surface area is 214 Å². The molecule has 4 rings (SSSR count). The molecule has 0 spiro atoms. The van der Waals surface area contributed by atoms with Crippen molar-refractivity contribution >= 4 is 15.1 Å². The van der Waals surface area contributed by atoms with Crippen LogP contribution < -0.4 is 10.7 Å². The number of carbonyl (C=O) groups is 1.